The molecule has 1 unspecified atom stereocenters. The van der Waals surface area contributed by atoms with Gasteiger partial charge in [0.1, 0.15) is 12.4 Å². The molecule has 4 heteroatoms. The molecule has 1 aromatic carbocycles. The lowest BCUT2D eigenvalue weighted by Gasteiger charge is -2.17. The van der Waals surface area contributed by atoms with Gasteiger partial charge in [0.25, 0.3) is 0 Å². The van der Waals surface area contributed by atoms with Crippen molar-refractivity contribution in [1.82, 2.24) is 0 Å². The Morgan fingerprint density at radius 2 is 2.11 bits per heavy atom. The predicted molar refractivity (Wildman–Crippen MR) is 74.6 cm³/mol. The summed E-state index contributed by atoms with van der Waals surface area (Å²) in [7, 11) is 1.41. The lowest BCUT2D eigenvalue weighted by molar-refractivity contribution is -0.147. The van der Waals surface area contributed by atoms with Crippen LogP contribution in [0.3, 0.4) is 0 Å². The van der Waals surface area contributed by atoms with Gasteiger partial charge in [-0.1, -0.05) is 35.8 Å². The number of carbonyl (C=O) groups is 1. The fourth-order valence-corrected chi connectivity index (χ4v) is 2.10. The van der Waals surface area contributed by atoms with Crippen molar-refractivity contribution in [2.24, 2.45) is 11.8 Å². The summed E-state index contributed by atoms with van der Waals surface area (Å²) >= 11 is 3.38. The molecule has 0 radical (unpaired) electrons. The summed E-state index contributed by atoms with van der Waals surface area (Å²) in [5, 5.41) is 0. The number of carbonyl (C=O) groups excluding carboxylic acids is 1. The molecule has 0 spiro atoms. The Hall–Kier alpha value is -1.03. The summed E-state index contributed by atoms with van der Waals surface area (Å²) in [5.41, 5.74) is 0. The molecule has 1 rings (SSSR count). The van der Waals surface area contributed by atoms with Crippen LogP contribution in [0.2, 0.25) is 0 Å². The summed E-state index contributed by atoms with van der Waals surface area (Å²) in [6, 6.07) is 7.58. The monoisotopic (exact) mass is 314 g/mol. The molecule has 100 valence electrons. The van der Waals surface area contributed by atoms with Crippen LogP contribution in [0.1, 0.15) is 20.3 Å². The van der Waals surface area contributed by atoms with Crippen LogP contribution in [0.25, 0.3) is 0 Å². The highest BCUT2D eigenvalue weighted by Crippen LogP contribution is 2.20. The molecule has 0 aliphatic carbocycles. The zero-order valence-electron chi connectivity index (χ0n) is 11.0. The van der Waals surface area contributed by atoms with E-state index in [1.165, 1.54) is 7.11 Å². The van der Waals surface area contributed by atoms with E-state index in [2.05, 4.69) is 29.8 Å². The number of esters is 1. The van der Waals surface area contributed by atoms with Gasteiger partial charge in [-0.3, -0.25) is 4.79 Å². The number of methoxy groups -OCH3 is 1. The van der Waals surface area contributed by atoms with Crippen LogP contribution < -0.4 is 4.74 Å². The number of benzene rings is 1. The smallest absolute Gasteiger partial charge is 0.312 e. The van der Waals surface area contributed by atoms with Crippen LogP contribution in [0.4, 0.5) is 0 Å². The Morgan fingerprint density at radius 3 is 2.67 bits per heavy atom. The van der Waals surface area contributed by atoms with Crippen molar-refractivity contribution in [2.45, 2.75) is 20.3 Å². The summed E-state index contributed by atoms with van der Waals surface area (Å²) < 4.78 is 11.4. The Balaban J connectivity index is 2.58. The van der Waals surface area contributed by atoms with E-state index in [4.69, 9.17) is 9.47 Å². The Bertz CT molecular complexity index is 390. The molecule has 1 atom stereocenters. The van der Waals surface area contributed by atoms with Crippen molar-refractivity contribution < 1.29 is 14.3 Å². The Labute approximate surface area is 117 Å². The molecule has 0 fully saturated rings. The van der Waals surface area contributed by atoms with Gasteiger partial charge >= 0.3 is 5.97 Å². The minimum atomic E-state index is -0.214. The maximum atomic E-state index is 11.6. The molecule has 0 saturated heterocycles. The molecule has 0 saturated carbocycles. The van der Waals surface area contributed by atoms with Gasteiger partial charge in [-0.15, -0.1) is 0 Å². The summed E-state index contributed by atoms with van der Waals surface area (Å²) in [4.78, 5) is 11.6. The zero-order valence-corrected chi connectivity index (χ0v) is 12.6. The first-order valence-corrected chi connectivity index (χ1v) is 6.78. The van der Waals surface area contributed by atoms with Crippen molar-refractivity contribution in [2.75, 3.05) is 13.7 Å². The van der Waals surface area contributed by atoms with Crippen LogP contribution >= 0.6 is 15.9 Å². The molecule has 18 heavy (non-hydrogen) atoms. The highest BCUT2D eigenvalue weighted by molar-refractivity contribution is 9.10. The first-order valence-electron chi connectivity index (χ1n) is 5.99. The normalized spacial score (nSPS) is 12.3. The lowest BCUT2D eigenvalue weighted by atomic mass is 9.98. The Morgan fingerprint density at radius 1 is 1.39 bits per heavy atom. The molecule has 0 bridgehead atoms. The maximum absolute atomic E-state index is 11.6. The van der Waals surface area contributed by atoms with Gasteiger partial charge in [0.2, 0.25) is 0 Å². The van der Waals surface area contributed by atoms with Crippen LogP contribution in [0, 0.1) is 11.8 Å². The topological polar surface area (TPSA) is 35.5 Å². The molecule has 0 N–H and O–H groups in total. The number of ether oxygens (including phenoxy) is 2. The standard InChI is InChI=1S/C14H19BrO3/c1-10(2)7-11(14(16)17-3)9-18-13-6-4-5-12(15)8-13/h4-6,8,10-11H,7,9H2,1-3H3. The molecule has 0 heterocycles. The first-order chi connectivity index (χ1) is 8.52. The average Bonchev–Trinajstić information content (AvgIpc) is 2.33. The van der Waals surface area contributed by atoms with Crippen molar-refractivity contribution in [3.8, 4) is 5.75 Å². The average molecular weight is 315 g/mol. The first kappa shape index (κ1) is 15.0. The van der Waals surface area contributed by atoms with Crippen LogP contribution in [0.5, 0.6) is 5.75 Å². The maximum Gasteiger partial charge on any atom is 0.312 e. The second-order valence-corrected chi connectivity index (χ2v) is 5.53. The summed E-state index contributed by atoms with van der Waals surface area (Å²) in [6.45, 7) is 4.51. The van der Waals surface area contributed by atoms with E-state index in [0.717, 1.165) is 16.6 Å². The van der Waals surface area contributed by atoms with Crippen molar-refractivity contribution in [3.63, 3.8) is 0 Å². The number of rotatable bonds is 6. The van der Waals surface area contributed by atoms with E-state index in [0.29, 0.717) is 12.5 Å². The Kier molecular flexibility index (Phi) is 6.19. The van der Waals surface area contributed by atoms with E-state index < -0.39 is 0 Å². The van der Waals surface area contributed by atoms with Gasteiger partial charge < -0.3 is 9.47 Å². The second kappa shape index (κ2) is 7.41. The van der Waals surface area contributed by atoms with E-state index in [1.54, 1.807) is 0 Å². The third kappa shape index (κ3) is 5.08. The largest absolute Gasteiger partial charge is 0.493 e. The fraction of sp³-hybridized carbons (Fsp3) is 0.500. The number of hydrogen-bond donors (Lipinski definition) is 0. The van der Waals surface area contributed by atoms with Gasteiger partial charge in [0.05, 0.1) is 13.0 Å². The van der Waals surface area contributed by atoms with E-state index in [9.17, 15) is 4.79 Å². The van der Waals surface area contributed by atoms with Gasteiger partial charge in [0.15, 0.2) is 0 Å². The third-order valence-corrected chi connectivity index (χ3v) is 3.03. The number of hydrogen-bond acceptors (Lipinski definition) is 3. The van der Waals surface area contributed by atoms with Gasteiger partial charge in [-0.25, -0.2) is 0 Å². The molecular formula is C14H19BrO3. The molecule has 0 aliphatic rings. The highest BCUT2D eigenvalue weighted by Gasteiger charge is 2.21. The van der Waals surface area contributed by atoms with Crippen LogP contribution in [0.15, 0.2) is 28.7 Å². The minimum absolute atomic E-state index is 0.210. The minimum Gasteiger partial charge on any atom is -0.493 e. The molecule has 3 nitrogen and oxygen atoms in total. The third-order valence-electron chi connectivity index (χ3n) is 2.54. The SMILES string of the molecule is COC(=O)C(COc1cccc(Br)c1)CC(C)C. The summed E-state index contributed by atoms with van der Waals surface area (Å²) in [5.74, 6) is 0.759. The number of halogens is 1. The van der Waals surface area contributed by atoms with Crippen LogP contribution in [-0.2, 0) is 9.53 Å². The van der Waals surface area contributed by atoms with E-state index in [1.807, 2.05) is 24.3 Å². The van der Waals surface area contributed by atoms with Gasteiger partial charge in [0, 0.05) is 4.47 Å². The highest BCUT2D eigenvalue weighted by atomic mass is 79.9. The molecule has 1 aromatic rings. The van der Waals surface area contributed by atoms with Gasteiger partial charge in [-0.2, -0.15) is 0 Å². The molecule has 0 aromatic heterocycles. The second-order valence-electron chi connectivity index (χ2n) is 4.62. The van der Waals surface area contributed by atoms with Crippen LogP contribution in [-0.4, -0.2) is 19.7 Å². The van der Waals surface area contributed by atoms with Crippen molar-refractivity contribution in [3.05, 3.63) is 28.7 Å². The molecule has 0 aliphatic heterocycles. The molecular weight excluding hydrogens is 296 g/mol. The van der Waals surface area contributed by atoms with Crippen molar-refractivity contribution in [1.29, 1.82) is 0 Å². The van der Waals surface area contributed by atoms with E-state index in [-0.39, 0.29) is 11.9 Å². The van der Waals surface area contributed by atoms with Crippen molar-refractivity contribution >= 4 is 21.9 Å². The summed E-state index contributed by atoms with van der Waals surface area (Å²) in [6.07, 6.45) is 0.765. The molecule has 0 amide bonds. The zero-order chi connectivity index (χ0) is 13.5. The lowest BCUT2D eigenvalue weighted by Crippen LogP contribution is -2.24. The predicted octanol–water partition coefficient (Wildman–Crippen LogP) is 3.66. The van der Waals surface area contributed by atoms with Gasteiger partial charge in [-0.05, 0) is 30.5 Å². The quantitative estimate of drug-likeness (QED) is 0.752. The van der Waals surface area contributed by atoms with E-state index >= 15 is 0 Å². The fourth-order valence-electron chi connectivity index (χ4n) is 1.72.